The predicted molar refractivity (Wildman–Crippen MR) is 191 cm³/mol. The lowest BCUT2D eigenvalue weighted by Crippen LogP contribution is -2.43. The van der Waals surface area contributed by atoms with Gasteiger partial charge in [0.05, 0.1) is 24.9 Å². The molecule has 1 fully saturated rings. The molecule has 5 aromatic rings. The molecule has 1 aliphatic heterocycles. The van der Waals surface area contributed by atoms with Gasteiger partial charge in [0.2, 0.25) is 0 Å². The fourth-order valence-corrected chi connectivity index (χ4v) is 6.33. The molecule has 1 saturated heterocycles. The van der Waals surface area contributed by atoms with Crippen molar-refractivity contribution in [2.75, 3.05) is 13.6 Å². The van der Waals surface area contributed by atoms with E-state index < -0.39 is 12.4 Å². The highest BCUT2D eigenvalue weighted by molar-refractivity contribution is 5.94. The Labute approximate surface area is 288 Å². The van der Waals surface area contributed by atoms with Gasteiger partial charge in [-0.1, -0.05) is 121 Å². The summed E-state index contributed by atoms with van der Waals surface area (Å²) in [6, 6.07) is 43.0. The Morgan fingerprint density at radius 3 is 2.14 bits per heavy atom. The summed E-state index contributed by atoms with van der Waals surface area (Å²) in [5.41, 5.74) is 7.38. The molecule has 1 aliphatic rings. The smallest absolute Gasteiger partial charge is 0.251 e. The van der Waals surface area contributed by atoms with E-state index in [4.69, 9.17) is 9.47 Å². The Morgan fingerprint density at radius 1 is 0.816 bits per heavy atom. The summed E-state index contributed by atoms with van der Waals surface area (Å²) in [5.74, 6) is -0.109. The van der Waals surface area contributed by atoms with E-state index in [2.05, 4.69) is 28.4 Å². The minimum absolute atomic E-state index is 0.0124. The Bertz CT molecular complexity index is 1780. The number of carbonyl (C=O) groups excluding carboxylic acids is 1. The number of amides is 1. The molecule has 5 aromatic carbocycles. The molecule has 0 radical (unpaired) electrons. The second-order valence-corrected chi connectivity index (χ2v) is 12.7. The van der Waals surface area contributed by atoms with E-state index >= 15 is 0 Å². The SMILES string of the molecule is C[C@H]([C@@H](O)c1ccccc1)N(C)C[C@@H]1C[C@H](c2ccc(CO)cc2)O[C@H](c2ccc(-c3ccccc3CNC(=O)c3ccccc3)cc2)O1. The minimum Gasteiger partial charge on any atom is -0.392 e. The standard InChI is InChI=1S/C42H44N2O5/c1-29(40(46)33-11-5-3-6-12-33)44(2)27-37-25-39(32-19-17-30(28-45)18-20-32)49-42(48-37)35-23-21-31(22-24-35)38-16-10-9-15-36(38)26-43-41(47)34-13-7-4-8-14-34/h3-24,29,37,39-40,42,45-46H,25-28H2,1-2H3,(H,43,47)/t29-,37+,39-,40-,42-/m1/s1. The number of nitrogens with one attached hydrogen (secondary N) is 1. The Kier molecular flexibility index (Phi) is 11.3. The third kappa shape index (κ3) is 8.51. The molecule has 1 amide bonds. The van der Waals surface area contributed by atoms with Crippen LogP contribution >= 0.6 is 0 Å². The van der Waals surface area contributed by atoms with Crippen molar-refractivity contribution in [3.63, 3.8) is 0 Å². The summed E-state index contributed by atoms with van der Waals surface area (Å²) in [5, 5.41) is 23.7. The average Bonchev–Trinajstić information content (AvgIpc) is 3.17. The topological polar surface area (TPSA) is 91.3 Å². The van der Waals surface area contributed by atoms with Crippen molar-refractivity contribution in [2.24, 2.45) is 0 Å². The van der Waals surface area contributed by atoms with Gasteiger partial charge in [-0.15, -0.1) is 0 Å². The molecule has 0 spiro atoms. The van der Waals surface area contributed by atoms with Gasteiger partial charge in [-0.3, -0.25) is 9.69 Å². The van der Waals surface area contributed by atoms with Crippen molar-refractivity contribution in [1.29, 1.82) is 0 Å². The molecule has 0 bridgehead atoms. The molecule has 0 aliphatic carbocycles. The Hall–Kier alpha value is -4.63. The first-order valence-corrected chi connectivity index (χ1v) is 16.8. The van der Waals surface area contributed by atoms with Crippen LogP contribution in [0.4, 0.5) is 0 Å². The second-order valence-electron chi connectivity index (χ2n) is 12.7. The van der Waals surface area contributed by atoms with Gasteiger partial charge in [0, 0.05) is 36.7 Å². The van der Waals surface area contributed by atoms with Crippen molar-refractivity contribution in [1.82, 2.24) is 10.2 Å². The molecule has 49 heavy (non-hydrogen) atoms. The van der Waals surface area contributed by atoms with E-state index in [0.717, 1.165) is 38.9 Å². The van der Waals surface area contributed by atoms with Gasteiger partial charge in [-0.05, 0) is 59.5 Å². The molecule has 0 unspecified atom stereocenters. The normalized spacial score (nSPS) is 18.9. The molecular weight excluding hydrogens is 612 g/mol. The van der Waals surface area contributed by atoms with Crippen LogP contribution in [0.3, 0.4) is 0 Å². The monoisotopic (exact) mass is 656 g/mol. The third-order valence-corrected chi connectivity index (χ3v) is 9.39. The van der Waals surface area contributed by atoms with Crippen molar-refractivity contribution < 1.29 is 24.5 Å². The first-order chi connectivity index (χ1) is 23.9. The summed E-state index contributed by atoms with van der Waals surface area (Å²) in [4.78, 5) is 14.9. The maximum Gasteiger partial charge on any atom is 0.251 e. The minimum atomic E-state index is -0.634. The molecule has 1 heterocycles. The number of hydrogen-bond acceptors (Lipinski definition) is 6. The summed E-state index contributed by atoms with van der Waals surface area (Å²) < 4.78 is 13.2. The van der Waals surface area contributed by atoms with Gasteiger partial charge < -0.3 is 25.0 Å². The lowest BCUT2D eigenvalue weighted by Gasteiger charge is -2.39. The number of hydrogen-bond donors (Lipinski definition) is 3. The number of ether oxygens (including phenoxy) is 2. The van der Waals surface area contributed by atoms with Crippen molar-refractivity contribution >= 4 is 5.91 Å². The fourth-order valence-electron chi connectivity index (χ4n) is 6.33. The lowest BCUT2D eigenvalue weighted by atomic mass is 9.97. The van der Waals surface area contributed by atoms with E-state index in [1.165, 1.54) is 0 Å². The number of likely N-dealkylation sites (N-methyl/N-ethyl adjacent to an activating group) is 1. The maximum atomic E-state index is 12.7. The molecule has 6 rings (SSSR count). The number of nitrogens with zero attached hydrogens (tertiary/aromatic N) is 1. The van der Waals surface area contributed by atoms with Crippen molar-refractivity contribution in [3.8, 4) is 11.1 Å². The second kappa shape index (κ2) is 16.2. The fraction of sp³-hybridized carbons (Fsp3) is 0.262. The Balaban J connectivity index is 1.19. The van der Waals surface area contributed by atoms with E-state index in [1.807, 2.05) is 117 Å². The van der Waals surface area contributed by atoms with Gasteiger partial charge in [0.25, 0.3) is 5.91 Å². The number of benzene rings is 5. The zero-order valence-corrected chi connectivity index (χ0v) is 28.0. The first kappa shape index (κ1) is 34.2. The summed E-state index contributed by atoms with van der Waals surface area (Å²) >= 11 is 0. The number of aliphatic hydroxyl groups is 2. The first-order valence-electron chi connectivity index (χ1n) is 16.8. The van der Waals surface area contributed by atoms with E-state index in [0.29, 0.717) is 25.1 Å². The summed E-state index contributed by atoms with van der Waals surface area (Å²) in [6.45, 7) is 3.03. The van der Waals surface area contributed by atoms with Crippen LogP contribution in [-0.4, -0.2) is 46.8 Å². The van der Waals surface area contributed by atoms with Crippen LogP contribution < -0.4 is 5.32 Å². The summed E-state index contributed by atoms with van der Waals surface area (Å²) in [6.07, 6.45) is -0.962. The van der Waals surface area contributed by atoms with Crippen molar-refractivity contribution in [3.05, 3.63) is 167 Å². The van der Waals surface area contributed by atoms with E-state index in [1.54, 1.807) is 12.1 Å². The van der Waals surface area contributed by atoms with Gasteiger partial charge in [0.15, 0.2) is 6.29 Å². The molecule has 7 nitrogen and oxygen atoms in total. The average molecular weight is 657 g/mol. The van der Waals surface area contributed by atoms with Crippen LogP contribution in [0, 0.1) is 0 Å². The van der Waals surface area contributed by atoms with Crippen LogP contribution in [0.5, 0.6) is 0 Å². The van der Waals surface area contributed by atoms with Crippen LogP contribution in [0.15, 0.2) is 133 Å². The molecule has 3 N–H and O–H groups in total. The van der Waals surface area contributed by atoms with Crippen LogP contribution in [0.1, 0.15) is 70.0 Å². The molecule has 7 heteroatoms. The summed E-state index contributed by atoms with van der Waals surface area (Å²) in [7, 11) is 2.02. The zero-order valence-electron chi connectivity index (χ0n) is 28.0. The van der Waals surface area contributed by atoms with Gasteiger partial charge in [-0.2, -0.15) is 0 Å². The Morgan fingerprint density at radius 2 is 1.45 bits per heavy atom. The van der Waals surface area contributed by atoms with Crippen molar-refractivity contribution in [2.45, 2.75) is 57.1 Å². The predicted octanol–water partition coefficient (Wildman–Crippen LogP) is 7.38. The highest BCUT2D eigenvalue weighted by atomic mass is 16.7. The van der Waals surface area contributed by atoms with Crippen LogP contribution in [0.2, 0.25) is 0 Å². The quantitative estimate of drug-likeness (QED) is 0.130. The van der Waals surface area contributed by atoms with E-state index in [9.17, 15) is 15.0 Å². The maximum absolute atomic E-state index is 12.7. The zero-order chi connectivity index (χ0) is 34.2. The number of rotatable bonds is 12. The van der Waals surface area contributed by atoms with Gasteiger partial charge in [-0.25, -0.2) is 0 Å². The highest BCUT2D eigenvalue weighted by Crippen LogP contribution is 2.39. The number of aliphatic hydroxyl groups excluding tert-OH is 2. The molecule has 5 atom stereocenters. The van der Waals surface area contributed by atoms with Crippen LogP contribution in [-0.2, 0) is 22.6 Å². The van der Waals surface area contributed by atoms with Gasteiger partial charge >= 0.3 is 0 Å². The molecule has 252 valence electrons. The third-order valence-electron chi connectivity index (χ3n) is 9.39. The molecular formula is C42H44N2O5. The van der Waals surface area contributed by atoms with E-state index in [-0.39, 0.29) is 30.8 Å². The lowest BCUT2D eigenvalue weighted by molar-refractivity contribution is -0.253. The largest absolute Gasteiger partial charge is 0.392 e. The molecule has 0 saturated carbocycles. The van der Waals surface area contributed by atoms with Crippen LogP contribution in [0.25, 0.3) is 11.1 Å². The van der Waals surface area contributed by atoms with Gasteiger partial charge in [0.1, 0.15) is 0 Å². The highest BCUT2D eigenvalue weighted by Gasteiger charge is 2.34. The molecule has 0 aromatic heterocycles. The number of carbonyl (C=O) groups is 1.